The molecule has 2 atom stereocenters. The van der Waals surface area contributed by atoms with E-state index >= 15 is 0 Å². The fraction of sp³-hybridized carbons (Fsp3) is 0.579. The van der Waals surface area contributed by atoms with Crippen LogP contribution < -0.4 is 10.9 Å². The third kappa shape index (κ3) is 3.10. The summed E-state index contributed by atoms with van der Waals surface area (Å²) < 4.78 is 0.255. The number of carbonyl (C=O) groups is 2. The summed E-state index contributed by atoms with van der Waals surface area (Å²) in [5.74, 6) is 1.18. The maximum atomic E-state index is 12.4. The van der Waals surface area contributed by atoms with Gasteiger partial charge in [0.1, 0.15) is 0 Å². The predicted molar refractivity (Wildman–Crippen MR) is 95.4 cm³/mol. The van der Waals surface area contributed by atoms with E-state index in [-0.39, 0.29) is 21.6 Å². The minimum atomic E-state index is -0.272. The number of hydrazine groups is 1. The van der Waals surface area contributed by atoms with Crippen LogP contribution in [-0.2, 0) is 4.79 Å². The average Bonchev–Trinajstić information content (AvgIpc) is 2.50. The van der Waals surface area contributed by atoms with Gasteiger partial charge in [0.05, 0.1) is 0 Å². The molecule has 4 nitrogen and oxygen atoms in total. The SMILES string of the molecule is O=C(CC12CC3CC(CC(Br)(C3)C1)C2)NNC(=O)c1ccccc1. The quantitative estimate of drug-likeness (QED) is 0.612. The summed E-state index contributed by atoms with van der Waals surface area (Å²) >= 11 is 3.97. The van der Waals surface area contributed by atoms with Gasteiger partial charge in [-0.2, -0.15) is 0 Å². The standard InChI is InChI=1S/C19H23BrN2O2/c20-19-9-13-6-14(10-19)8-18(7-13,12-19)11-16(23)21-22-17(24)15-4-2-1-3-5-15/h1-5,13-14H,6-12H2,(H,21,23)(H,22,24). The van der Waals surface area contributed by atoms with Crippen LogP contribution in [0.3, 0.4) is 0 Å². The van der Waals surface area contributed by atoms with Gasteiger partial charge in [0.25, 0.3) is 5.91 Å². The number of carbonyl (C=O) groups excluding carboxylic acids is 2. The van der Waals surface area contributed by atoms with Crippen molar-refractivity contribution < 1.29 is 9.59 Å². The molecule has 1 aromatic carbocycles. The zero-order valence-electron chi connectivity index (χ0n) is 13.7. The molecule has 0 aliphatic heterocycles. The van der Waals surface area contributed by atoms with Crippen molar-refractivity contribution in [2.45, 2.75) is 49.3 Å². The lowest BCUT2D eigenvalue weighted by molar-refractivity contribution is -0.128. The summed E-state index contributed by atoms with van der Waals surface area (Å²) in [5, 5.41) is 0. The molecule has 4 aliphatic rings. The molecule has 4 saturated carbocycles. The Labute approximate surface area is 150 Å². The van der Waals surface area contributed by atoms with Crippen molar-refractivity contribution in [3.63, 3.8) is 0 Å². The van der Waals surface area contributed by atoms with Crippen LogP contribution in [0.2, 0.25) is 0 Å². The molecule has 0 spiro atoms. The molecule has 1 aromatic rings. The molecule has 24 heavy (non-hydrogen) atoms. The lowest BCUT2D eigenvalue weighted by Gasteiger charge is -2.60. The molecule has 4 aliphatic carbocycles. The second kappa shape index (κ2) is 5.87. The summed E-state index contributed by atoms with van der Waals surface area (Å²) in [7, 11) is 0. The van der Waals surface area contributed by atoms with Gasteiger partial charge < -0.3 is 0 Å². The number of hydrogen-bond donors (Lipinski definition) is 2. The lowest BCUT2D eigenvalue weighted by atomic mass is 9.48. The van der Waals surface area contributed by atoms with Gasteiger partial charge in [-0.25, -0.2) is 0 Å². The molecule has 2 unspecified atom stereocenters. The van der Waals surface area contributed by atoms with Crippen molar-refractivity contribution in [3.05, 3.63) is 35.9 Å². The summed E-state index contributed by atoms with van der Waals surface area (Å²) in [4.78, 5) is 24.5. The Balaban J connectivity index is 1.36. The van der Waals surface area contributed by atoms with Crippen LogP contribution >= 0.6 is 15.9 Å². The molecular formula is C19H23BrN2O2. The number of halogens is 1. The maximum Gasteiger partial charge on any atom is 0.269 e. The number of nitrogens with one attached hydrogen (secondary N) is 2. The van der Waals surface area contributed by atoms with Gasteiger partial charge in [-0.3, -0.25) is 20.4 Å². The van der Waals surface area contributed by atoms with Crippen LogP contribution in [0.1, 0.15) is 55.3 Å². The Bertz CT molecular complexity index is 647. The highest BCUT2D eigenvalue weighted by Crippen LogP contribution is 2.65. The molecule has 4 fully saturated rings. The Morgan fingerprint density at radius 2 is 1.71 bits per heavy atom. The Kier molecular flexibility index (Phi) is 3.94. The van der Waals surface area contributed by atoms with Gasteiger partial charge in [-0.1, -0.05) is 34.1 Å². The van der Waals surface area contributed by atoms with Gasteiger partial charge in [0, 0.05) is 16.3 Å². The maximum absolute atomic E-state index is 12.4. The van der Waals surface area contributed by atoms with E-state index in [0.29, 0.717) is 12.0 Å². The van der Waals surface area contributed by atoms with E-state index in [1.807, 2.05) is 18.2 Å². The molecule has 4 bridgehead atoms. The molecule has 0 heterocycles. The average molecular weight is 391 g/mol. The van der Waals surface area contributed by atoms with E-state index in [4.69, 9.17) is 0 Å². The second-order valence-electron chi connectivity index (χ2n) is 8.16. The summed E-state index contributed by atoms with van der Waals surface area (Å²) in [6, 6.07) is 8.94. The van der Waals surface area contributed by atoms with Gasteiger partial charge >= 0.3 is 0 Å². The van der Waals surface area contributed by atoms with Crippen LogP contribution in [0.4, 0.5) is 0 Å². The van der Waals surface area contributed by atoms with E-state index in [1.165, 1.54) is 19.3 Å². The Morgan fingerprint density at radius 3 is 2.33 bits per heavy atom. The van der Waals surface area contributed by atoms with Gasteiger partial charge in [-0.15, -0.1) is 0 Å². The molecule has 5 heteroatoms. The predicted octanol–water partition coefficient (Wildman–Crippen LogP) is 3.57. The molecule has 2 N–H and O–H groups in total. The van der Waals surface area contributed by atoms with E-state index in [1.54, 1.807) is 12.1 Å². The summed E-state index contributed by atoms with van der Waals surface area (Å²) in [6.07, 6.45) is 7.79. The minimum absolute atomic E-state index is 0.0719. The van der Waals surface area contributed by atoms with E-state index in [9.17, 15) is 9.59 Å². The van der Waals surface area contributed by atoms with Crippen LogP contribution in [-0.4, -0.2) is 16.1 Å². The zero-order chi connectivity index (χ0) is 16.8. The van der Waals surface area contributed by atoms with Gasteiger partial charge in [-0.05, 0) is 67.9 Å². The first-order chi connectivity index (χ1) is 11.5. The van der Waals surface area contributed by atoms with Crippen LogP contribution in [0.15, 0.2) is 30.3 Å². The first-order valence-electron chi connectivity index (χ1n) is 8.79. The highest BCUT2D eigenvalue weighted by molar-refractivity contribution is 9.10. The molecule has 2 amide bonds. The molecule has 0 radical (unpaired) electrons. The third-order valence-corrected chi connectivity index (χ3v) is 6.93. The monoisotopic (exact) mass is 390 g/mol. The molecule has 5 rings (SSSR count). The van der Waals surface area contributed by atoms with E-state index in [2.05, 4.69) is 26.8 Å². The largest absolute Gasteiger partial charge is 0.273 e. The molecule has 0 aromatic heterocycles. The van der Waals surface area contributed by atoms with Crippen LogP contribution in [0, 0.1) is 17.3 Å². The normalized spacial score (nSPS) is 36.4. The first-order valence-corrected chi connectivity index (χ1v) is 9.58. The topological polar surface area (TPSA) is 58.2 Å². The third-order valence-electron chi connectivity index (χ3n) is 6.00. The van der Waals surface area contributed by atoms with Crippen LogP contribution in [0.25, 0.3) is 0 Å². The number of hydrogen-bond acceptors (Lipinski definition) is 2. The van der Waals surface area contributed by atoms with E-state index < -0.39 is 0 Å². The fourth-order valence-electron chi connectivity index (χ4n) is 5.72. The lowest BCUT2D eigenvalue weighted by Crippen LogP contribution is -2.54. The number of rotatable bonds is 3. The van der Waals surface area contributed by atoms with Crippen molar-refractivity contribution in [2.24, 2.45) is 17.3 Å². The van der Waals surface area contributed by atoms with Gasteiger partial charge in [0.15, 0.2) is 0 Å². The van der Waals surface area contributed by atoms with Crippen molar-refractivity contribution in [3.8, 4) is 0 Å². The number of benzene rings is 1. The van der Waals surface area contributed by atoms with Crippen molar-refractivity contribution >= 4 is 27.7 Å². The number of alkyl halides is 1. The fourth-order valence-corrected chi connectivity index (χ4v) is 7.23. The highest BCUT2D eigenvalue weighted by atomic mass is 79.9. The highest BCUT2D eigenvalue weighted by Gasteiger charge is 2.57. The molecular weight excluding hydrogens is 368 g/mol. The summed E-state index contributed by atoms with van der Waals surface area (Å²) in [6.45, 7) is 0. The first kappa shape index (κ1) is 16.1. The van der Waals surface area contributed by atoms with Crippen molar-refractivity contribution in [1.82, 2.24) is 10.9 Å². The minimum Gasteiger partial charge on any atom is -0.273 e. The Hall–Kier alpha value is -1.36. The smallest absolute Gasteiger partial charge is 0.269 e. The van der Waals surface area contributed by atoms with Crippen molar-refractivity contribution in [1.29, 1.82) is 0 Å². The second-order valence-corrected chi connectivity index (χ2v) is 9.84. The van der Waals surface area contributed by atoms with Gasteiger partial charge in [0.2, 0.25) is 5.91 Å². The van der Waals surface area contributed by atoms with Crippen molar-refractivity contribution in [2.75, 3.05) is 0 Å². The molecule has 0 saturated heterocycles. The van der Waals surface area contributed by atoms with E-state index in [0.717, 1.165) is 31.1 Å². The number of amides is 2. The summed E-state index contributed by atoms with van der Waals surface area (Å²) in [5.41, 5.74) is 5.82. The van der Waals surface area contributed by atoms with Crippen LogP contribution in [0.5, 0.6) is 0 Å². The molecule has 128 valence electrons. The Morgan fingerprint density at radius 1 is 1.04 bits per heavy atom. The zero-order valence-corrected chi connectivity index (χ0v) is 15.3.